The molecule has 0 fully saturated rings. The number of hydrogen-bond acceptors (Lipinski definition) is 2. The van der Waals surface area contributed by atoms with Gasteiger partial charge in [-0.25, -0.2) is 0 Å². The van der Waals surface area contributed by atoms with E-state index in [9.17, 15) is 0 Å². The lowest BCUT2D eigenvalue weighted by molar-refractivity contribution is 0.699. The van der Waals surface area contributed by atoms with Crippen molar-refractivity contribution < 1.29 is 0 Å². The molecule has 0 aromatic heterocycles. The van der Waals surface area contributed by atoms with Gasteiger partial charge in [-0.2, -0.15) is 0 Å². The molecule has 4 rings (SSSR count). The SMILES string of the molecule is N=C([B]CCCCCC[B]C(=N)C(c1cccc(Cl)c1)c1cccc(Cl)c1)C(c1cccc(Cl)c1)c1cccc(Cl)c1. The monoisotopic (exact) mass is 630 g/mol. The van der Waals surface area contributed by atoms with E-state index >= 15 is 0 Å². The van der Waals surface area contributed by atoms with Gasteiger partial charge in [0.15, 0.2) is 14.6 Å². The summed E-state index contributed by atoms with van der Waals surface area (Å²) in [4.78, 5) is 0. The van der Waals surface area contributed by atoms with Gasteiger partial charge in [0.05, 0.1) is 0 Å². The third-order valence-electron chi connectivity index (χ3n) is 7.24. The molecule has 0 amide bonds. The first-order chi connectivity index (χ1) is 20.3. The molecule has 0 saturated carbocycles. The van der Waals surface area contributed by atoms with Gasteiger partial charge in [-0.1, -0.05) is 133 Å². The van der Waals surface area contributed by atoms with Crippen LogP contribution in [-0.2, 0) is 0 Å². The molecule has 0 spiro atoms. The lowest BCUT2D eigenvalue weighted by Gasteiger charge is -2.20. The number of benzene rings is 4. The van der Waals surface area contributed by atoms with Crippen LogP contribution in [0.3, 0.4) is 0 Å². The molecular formula is C34H32B2Cl4N2. The maximum Gasteiger partial charge on any atom is 0.172 e. The molecule has 2 radical (unpaired) electrons. The Morgan fingerprint density at radius 2 is 0.762 bits per heavy atom. The van der Waals surface area contributed by atoms with E-state index in [1.807, 2.05) is 112 Å². The first kappa shape index (κ1) is 32.4. The predicted octanol–water partition coefficient (Wildman–Crippen LogP) is 11.0. The predicted molar refractivity (Wildman–Crippen MR) is 185 cm³/mol. The second kappa shape index (κ2) is 16.4. The van der Waals surface area contributed by atoms with Gasteiger partial charge in [0.1, 0.15) is 0 Å². The third-order valence-corrected chi connectivity index (χ3v) is 8.18. The highest BCUT2D eigenvalue weighted by Crippen LogP contribution is 2.31. The van der Waals surface area contributed by atoms with Gasteiger partial charge in [0, 0.05) is 31.9 Å². The minimum atomic E-state index is -0.213. The molecule has 0 aliphatic heterocycles. The molecule has 4 aromatic carbocycles. The molecule has 2 N–H and O–H groups in total. The summed E-state index contributed by atoms with van der Waals surface area (Å²) in [6.45, 7) is 0. The number of nitrogens with one attached hydrogen (secondary N) is 2. The smallest absolute Gasteiger partial charge is 0.172 e. The molecule has 0 saturated heterocycles. The van der Waals surface area contributed by atoms with E-state index in [1.54, 1.807) is 0 Å². The zero-order valence-electron chi connectivity index (χ0n) is 23.3. The first-order valence-corrected chi connectivity index (χ1v) is 15.7. The number of rotatable bonds is 15. The van der Waals surface area contributed by atoms with Crippen molar-refractivity contribution in [3.05, 3.63) is 139 Å². The summed E-state index contributed by atoms with van der Waals surface area (Å²) in [7, 11) is 4.05. The normalized spacial score (nSPS) is 11.1. The number of unbranched alkanes of at least 4 members (excludes halogenated alkanes) is 3. The zero-order chi connectivity index (χ0) is 29.9. The van der Waals surface area contributed by atoms with Crippen molar-refractivity contribution in [1.29, 1.82) is 10.8 Å². The van der Waals surface area contributed by atoms with Gasteiger partial charge in [-0.3, -0.25) is 0 Å². The van der Waals surface area contributed by atoms with Crippen molar-refractivity contribution in [1.82, 2.24) is 0 Å². The maximum atomic E-state index is 8.88. The Kier molecular flexibility index (Phi) is 12.6. The van der Waals surface area contributed by atoms with Crippen LogP contribution in [0.25, 0.3) is 0 Å². The molecule has 42 heavy (non-hydrogen) atoms. The van der Waals surface area contributed by atoms with E-state index in [4.69, 9.17) is 57.2 Å². The van der Waals surface area contributed by atoms with E-state index in [0.29, 0.717) is 31.3 Å². The summed E-state index contributed by atoms with van der Waals surface area (Å²) in [6.07, 6.45) is 5.81. The number of halogens is 4. The first-order valence-electron chi connectivity index (χ1n) is 14.2. The Balaban J connectivity index is 1.25. The highest BCUT2D eigenvalue weighted by atomic mass is 35.5. The summed E-state index contributed by atoms with van der Waals surface area (Å²) in [5, 5.41) is 20.4. The molecular weight excluding hydrogens is 600 g/mol. The van der Waals surface area contributed by atoms with Gasteiger partial charge >= 0.3 is 0 Å². The van der Waals surface area contributed by atoms with Gasteiger partial charge in [0.2, 0.25) is 0 Å². The van der Waals surface area contributed by atoms with E-state index in [2.05, 4.69) is 0 Å². The molecule has 0 atom stereocenters. The van der Waals surface area contributed by atoms with Crippen molar-refractivity contribution >= 4 is 72.2 Å². The second-order valence-electron chi connectivity index (χ2n) is 10.4. The molecule has 4 aromatic rings. The Bertz CT molecular complexity index is 1310. The highest BCUT2D eigenvalue weighted by Gasteiger charge is 2.21. The highest BCUT2D eigenvalue weighted by molar-refractivity contribution is 6.76. The lowest BCUT2D eigenvalue weighted by atomic mass is 9.60. The van der Waals surface area contributed by atoms with Crippen molar-refractivity contribution in [3.63, 3.8) is 0 Å². The van der Waals surface area contributed by atoms with Crippen molar-refractivity contribution in [2.75, 3.05) is 0 Å². The molecule has 0 aliphatic carbocycles. The van der Waals surface area contributed by atoms with Crippen LogP contribution in [-0.4, -0.2) is 25.8 Å². The molecule has 0 bridgehead atoms. The second-order valence-corrected chi connectivity index (χ2v) is 12.1. The van der Waals surface area contributed by atoms with E-state index in [0.717, 1.165) is 60.6 Å². The van der Waals surface area contributed by atoms with Crippen LogP contribution < -0.4 is 0 Å². The largest absolute Gasteiger partial charge is 0.319 e. The fourth-order valence-electron chi connectivity index (χ4n) is 5.24. The standard InChI is InChI=1S/C34H32B2Cl4N2/c37-27-13-5-9-23(19-27)31(24-10-6-14-28(38)20-24)33(41)35-17-3-1-2-4-18-36-34(42)32(25-11-7-15-29(39)21-25)26-12-8-16-30(40)22-26/h5-16,19-22,31-32,41-42H,1-4,17-18H2. The van der Waals surface area contributed by atoms with Crippen LogP contribution in [0.5, 0.6) is 0 Å². The van der Waals surface area contributed by atoms with Crippen molar-refractivity contribution in [2.24, 2.45) is 0 Å². The molecule has 212 valence electrons. The van der Waals surface area contributed by atoms with Crippen LogP contribution >= 0.6 is 46.4 Å². The van der Waals surface area contributed by atoms with Crippen LogP contribution in [0.2, 0.25) is 32.7 Å². The van der Waals surface area contributed by atoms with Crippen LogP contribution in [0, 0.1) is 10.8 Å². The minimum absolute atomic E-state index is 0.213. The van der Waals surface area contributed by atoms with Gasteiger partial charge in [0.25, 0.3) is 0 Å². The van der Waals surface area contributed by atoms with Gasteiger partial charge < -0.3 is 10.8 Å². The Labute approximate surface area is 271 Å². The van der Waals surface area contributed by atoms with Gasteiger partial charge in [-0.05, 0) is 82.0 Å². The molecule has 0 unspecified atom stereocenters. The van der Waals surface area contributed by atoms with Crippen molar-refractivity contribution in [2.45, 2.75) is 50.2 Å². The van der Waals surface area contributed by atoms with Crippen LogP contribution in [0.15, 0.2) is 97.1 Å². The lowest BCUT2D eigenvalue weighted by Crippen LogP contribution is -2.20. The summed E-state index contributed by atoms with van der Waals surface area (Å²) in [5.41, 5.74) is 5.04. The fraction of sp³-hybridized carbons (Fsp3) is 0.235. The fourth-order valence-corrected chi connectivity index (χ4v) is 6.04. The van der Waals surface area contributed by atoms with Crippen molar-refractivity contribution in [3.8, 4) is 0 Å². The number of hydrogen-bond donors (Lipinski definition) is 2. The van der Waals surface area contributed by atoms with E-state index in [-0.39, 0.29) is 11.8 Å². The average Bonchev–Trinajstić information content (AvgIpc) is 2.95. The Morgan fingerprint density at radius 3 is 1.02 bits per heavy atom. The molecule has 8 heteroatoms. The quantitative estimate of drug-likeness (QED) is 0.0745. The maximum absolute atomic E-state index is 8.88. The van der Waals surface area contributed by atoms with E-state index < -0.39 is 0 Å². The van der Waals surface area contributed by atoms with E-state index in [1.165, 1.54) is 0 Å². The van der Waals surface area contributed by atoms with Crippen LogP contribution in [0.4, 0.5) is 0 Å². The summed E-state index contributed by atoms with van der Waals surface area (Å²) < 4.78 is 0. The summed E-state index contributed by atoms with van der Waals surface area (Å²) in [6, 6.07) is 30.8. The topological polar surface area (TPSA) is 47.7 Å². The molecule has 2 nitrogen and oxygen atoms in total. The summed E-state index contributed by atoms with van der Waals surface area (Å²) >= 11 is 25.1. The molecule has 0 aliphatic rings. The average molecular weight is 632 g/mol. The third kappa shape index (κ3) is 9.51. The molecule has 0 heterocycles. The minimum Gasteiger partial charge on any atom is -0.319 e. The Morgan fingerprint density at radius 1 is 0.476 bits per heavy atom. The van der Waals surface area contributed by atoms with Gasteiger partial charge in [-0.15, -0.1) is 0 Å². The summed E-state index contributed by atoms with van der Waals surface area (Å²) in [5.74, 6) is -0.426. The zero-order valence-corrected chi connectivity index (χ0v) is 26.3. The Hall–Kier alpha value is -2.49. The van der Waals surface area contributed by atoms with Crippen LogP contribution in [0.1, 0.15) is 59.8 Å².